The minimum atomic E-state index is 0.00373. The molecule has 88 valence electrons. The smallest absolute Gasteiger partial charge is 0.241 e. The number of carbonyl (C=O) groups is 1. The molecule has 2 heterocycles. The summed E-state index contributed by atoms with van der Waals surface area (Å²) in [6.45, 7) is 3.15. The van der Waals surface area contributed by atoms with Crippen LogP contribution in [0.4, 0.5) is 0 Å². The lowest BCUT2D eigenvalue weighted by Gasteiger charge is -2.22. The Hall–Kier alpha value is -1.43. The predicted octanol–water partition coefficient (Wildman–Crippen LogP) is -0.606. The Labute approximate surface area is 94.4 Å². The Balaban J connectivity index is 1.67. The molecule has 1 aliphatic heterocycles. The van der Waals surface area contributed by atoms with Gasteiger partial charge in [-0.1, -0.05) is 5.21 Å². The highest BCUT2D eigenvalue weighted by Gasteiger charge is 2.13. The molecular weight excluding hydrogens is 206 g/mol. The fraction of sp³-hybridized carbons (Fsp3) is 0.700. The van der Waals surface area contributed by atoms with E-state index in [0.29, 0.717) is 5.92 Å². The van der Waals surface area contributed by atoms with E-state index in [-0.39, 0.29) is 12.5 Å². The topological polar surface area (TPSA) is 71.8 Å². The lowest BCUT2D eigenvalue weighted by Crippen LogP contribution is -2.37. The molecule has 2 N–H and O–H groups in total. The Morgan fingerprint density at radius 3 is 3.00 bits per heavy atom. The first-order valence-corrected chi connectivity index (χ1v) is 5.66. The fourth-order valence-corrected chi connectivity index (χ4v) is 1.86. The average molecular weight is 223 g/mol. The van der Waals surface area contributed by atoms with Crippen LogP contribution in [0.2, 0.25) is 0 Å². The van der Waals surface area contributed by atoms with Gasteiger partial charge in [-0.25, -0.2) is 4.68 Å². The largest absolute Gasteiger partial charge is 0.354 e. The number of nitrogens with one attached hydrogen (secondary N) is 2. The van der Waals surface area contributed by atoms with Gasteiger partial charge < -0.3 is 10.6 Å². The minimum Gasteiger partial charge on any atom is -0.354 e. The molecule has 0 radical (unpaired) electrons. The Bertz CT molecular complexity index is 318. The van der Waals surface area contributed by atoms with Gasteiger partial charge in [0.15, 0.2) is 0 Å². The van der Waals surface area contributed by atoms with Crippen molar-refractivity contribution in [3.8, 4) is 0 Å². The zero-order chi connectivity index (χ0) is 11.2. The summed E-state index contributed by atoms with van der Waals surface area (Å²) in [4.78, 5) is 11.5. The monoisotopic (exact) mass is 223 g/mol. The van der Waals surface area contributed by atoms with Gasteiger partial charge in [-0.3, -0.25) is 4.79 Å². The molecule has 0 unspecified atom stereocenters. The predicted molar refractivity (Wildman–Crippen MR) is 58.6 cm³/mol. The molecule has 0 aliphatic carbocycles. The first kappa shape index (κ1) is 11.1. The van der Waals surface area contributed by atoms with Gasteiger partial charge in [0.25, 0.3) is 0 Å². The van der Waals surface area contributed by atoms with Gasteiger partial charge in [0.2, 0.25) is 5.91 Å². The molecule has 0 saturated carbocycles. The molecule has 1 amide bonds. The molecule has 0 aromatic carbocycles. The highest BCUT2D eigenvalue weighted by molar-refractivity contribution is 5.75. The van der Waals surface area contributed by atoms with E-state index < -0.39 is 0 Å². The molecule has 0 spiro atoms. The van der Waals surface area contributed by atoms with E-state index in [4.69, 9.17) is 0 Å². The fourth-order valence-electron chi connectivity index (χ4n) is 1.86. The summed E-state index contributed by atoms with van der Waals surface area (Å²) in [6.07, 6.45) is 5.54. The molecule has 1 fully saturated rings. The molecule has 1 aromatic rings. The summed E-state index contributed by atoms with van der Waals surface area (Å²) in [5.74, 6) is 0.616. The van der Waals surface area contributed by atoms with E-state index in [1.165, 1.54) is 4.68 Å². The number of carbonyl (C=O) groups excluding carboxylic acids is 1. The molecule has 6 heteroatoms. The van der Waals surface area contributed by atoms with Crippen LogP contribution in [0, 0.1) is 5.92 Å². The van der Waals surface area contributed by atoms with Gasteiger partial charge in [-0.15, -0.1) is 5.10 Å². The number of hydrogen-bond acceptors (Lipinski definition) is 4. The summed E-state index contributed by atoms with van der Waals surface area (Å²) in [6, 6.07) is 0. The van der Waals surface area contributed by atoms with Crippen molar-refractivity contribution in [2.75, 3.05) is 19.6 Å². The van der Waals surface area contributed by atoms with Crippen LogP contribution < -0.4 is 10.6 Å². The average Bonchev–Trinajstić information content (AvgIpc) is 2.81. The molecule has 1 aliphatic rings. The van der Waals surface area contributed by atoms with Crippen LogP contribution >= 0.6 is 0 Å². The van der Waals surface area contributed by atoms with Crippen molar-refractivity contribution < 1.29 is 4.79 Å². The van der Waals surface area contributed by atoms with Crippen molar-refractivity contribution in [1.29, 1.82) is 0 Å². The zero-order valence-corrected chi connectivity index (χ0v) is 9.22. The second kappa shape index (κ2) is 5.60. The number of piperidine rings is 1. The summed E-state index contributed by atoms with van der Waals surface area (Å²) in [5.41, 5.74) is 0. The first-order valence-electron chi connectivity index (χ1n) is 5.66. The first-order chi connectivity index (χ1) is 7.84. The second-order valence-corrected chi connectivity index (χ2v) is 4.10. The SMILES string of the molecule is O=C(Cn1ccnn1)NCC1CCNCC1. The summed E-state index contributed by atoms with van der Waals surface area (Å²) >= 11 is 0. The van der Waals surface area contributed by atoms with E-state index in [1.54, 1.807) is 12.4 Å². The van der Waals surface area contributed by atoms with Crippen molar-refractivity contribution in [2.24, 2.45) is 5.92 Å². The van der Waals surface area contributed by atoms with Crippen LogP contribution in [0.5, 0.6) is 0 Å². The number of amides is 1. The van der Waals surface area contributed by atoms with E-state index in [1.807, 2.05) is 0 Å². The normalized spacial score (nSPS) is 17.2. The maximum atomic E-state index is 11.5. The molecule has 1 aromatic heterocycles. The van der Waals surface area contributed by atoms with Crippen molar-refractivity contribution in [2.45, 2.75) is 19.4 Å². The molecule has 0 bridgehead atoms. The third-order valence-electron chi connectivity index (χ3n) is 2.82. The van der Waals surface area contributed by atoms with Crippen LogP contribution in [0.3, 0.4) is 0 Å². The van der Waals surface area contributed by atoms with E-state index in [9.17, 15) is 4.79 Å². The summed E-state index contributed by atoms with van der Waals surface area (Å²) in [7, 11) is 0. The van der Waals surface area contributed by atoms with E-state index in [0.717, 1.165) is 32.5 Å². The number of rotatable bonds is 4. The lowest BCUT2D eigenvalue weighted by molar-refractivity contribution is -0.122. The maximum absolute atomic E-state index is 11.5. The lowest BCUT2D eigenvalue weighted by atomic mass is 9.98. The van der Waals surface area contributed by atoms with Gasteiger partial charge in [0.05, 0.1) is 6.20 Å². The minimum absolute atomic E-state index is 0.00373. The van der Waals surface area contributed by atoms with Gasteiger partial charge >= 0.3 is 0 Å². The van der Waals surface area contributed by atoms with E-state index >= 15 is 0 Å². The van der Waals surface area contributed by atoms with Crippen LogP contribution in [-0.2, 0) is 11.3 Å². The standard InChI is InChI=1S/C10H17N5O/c16-10(8-15-6-5-13-14-15)12-7-9-1-3-11-4-2-9/h5-6,9,11H,1-4,7-8H2,(H,12,16). The Morgan fingerprint density at radius 2 is 2.31 bits per heavy atom. The molecule has 0 atom stereocenters. The summed E-state index contributed by atoms with van der Waals surface area (Å²) in [5, 5.41) is 13.6. The number of nitrogens with zero attached hydrogens (tertiary/aromatic N) is 3. The Kier molecular flexibility index (Phi) is 3.87. The number of hydrogen-bond donors (Lipinski definition) is 2. The number of aromatic nitrogens is 3. The van der Waals surface area contributed by atoms with Crippen molar-refractivity contribution in [3.05, 3.63) is 12.4 Å². The highest BCUT2D eigenvalue weighted by Crippen LogP contribution is 2.09. The van der Waals surface area contributed by atoms with Crippen LogP contribution in [-0.4, -0.2) is 40.5 Å². The van der Waals surface area contributed by atoms with E-state index in [2.05, 4.69) is 20.9 Å². The summed E-state index contributed by atoms with van der Waals surface area (Å²) < 4.78 is 1.53. The van der Waals surface area contributed by atoms with Crippen LogP contribution in [0.25, 0.3) is 0 Å². The zero-order valence-electron chi connectivity index (χ0n) is 9.22. The quantitative estimate of drug-likeness (QED) is 0.714. The van der Waals surface area contributed by atoms with Crippen LogP contribution in [0.1, 0.15) is 12.8 Å². The van der Waals surface area contributed by atoms with Gasteiger partial charge in [0.1, 0.15) is 6.54 Å². The van der Waals surface area contributed by atoms with Gasteiger partial charge in [-0.2, -0.15) is 0 Å². The highest BCUT2D eigenvalue weighted by atomic mass is 16.2. The van der Waals surface area contributed by atoms with Gasteiger partial charge in [-0.05, 0) is 31.8 Å². The van der Waals surface area contributed by atoms with Gasteiger partial charge in [0, 0.05) is 12.7 Å². The maximum Gasteiger partial charge on any atom is 0.241 e. The molecule has 16 heavy (non-hydrogen) atoms. The second-order valence-electron chi connectivity index (χ2n) is 4.10. The molecular formula is C10H17N5O. The molecule has 6 nitrogen and oxygen atoms in total. The van der Waals surface area contributed by atoms with Crippen molar-refractivity contribution in [1.82, 2.24) is 25.6 Å². The van der Waals surface area contributed by atoms with Crippen molar-refractivity contribution in [3.63, 3.8) is 0 Å². The van der Waals surface area contributed by atoms with Crippen LogP contribution in [0.15, 0.2) is 12.4 Å². The third-order valence-corrected chi connectivity index (χ3v) is 2.82. The third kappa shape index (κ3) is 3.30. The molecule has 1 saturated heterocycles. The van der Waals surface area contributed by atoms with Crippen molar-refractivity contribution >= 4 is 5.91 Å². The molecule has 2 rings (SSSR count). The Morgan fingerprint density at radius 1 is 1.50 bits per heavy atom.